The zero-order chi connectivity index (χ0) is 20.0. The van der Waals surface area contributed by atoms with Crippen molar-refractivity contribution in [2.75, 3.05) is 5.32 Å². The van der Waals surface area contributed by atoms with E-state index in [9.17, 15) is 9.59 Å². The van der Waals surface area contributed by atoms with E-state index in [0.717, 1.165) is 29.1 Å². The van der Waals surface area contributed by atoms with Crippen LogP contribution in [0.5, 0.6) is 0 Å². The predicted molar refractivity (Wildman–Crippen MR) is 106 cm³/mol. The van der Waals surface area contributed by atoms with Gasteiger partial charge in [0, 0.05) is 11.4 Å². The van der Waals surface area contributed by atoms with Crippen LogP contribution in [0, 0.1) is 13.8 Å². The summed E-state index contributed by atoms with van der Waals surface area (Å²) in [5, 5.41) is 7.20. The number of carbonyl (C=O) groups is 2. The fourth-order valence-electron chi connectivity index (χ4n) is 2.90. The first-order valence-corrected chi connectivity index (χ1v) is 9.42. The van der Waals surface area contributed by atoms with Crippen molar-refractivity contribution in [3.8, 4) is 0 Å². The van der Waals surface area contributed by atoms with Crippen molar-refractivity contribution in [3.63, 3.8) is 0 Å². The fraction of sp³-hybridized carbons (Fsp3) is 0.476. The van der Waals surface area contributed by atoms with Crippen molar-refractivity contribution in [1.82, 2.24) is 9.78 Å². The van der Waals surface area contributed by atoms with Crippen LogP contribution < -0.4 is 5.32 Å². The molecule has 1 aromatic carbocycles. The molecule has 1 amide bonds. The molecule has 0 spiro atoms. The predicted octanol–water partition coefficient (Wildman–Crippen LogP) is 3.97. The topological polar surface area (TPSA) is 73.2 Å². The summed E-state index contributed by atoms with van der Waals surface area (Å²) >= 11 is 0. The molecule has 0 saturated carbocycles. The number of hydrogen-bond acceptors (Lipinski definition) is 4. The van der Waals surface area contributed by atoms with Crippen molar-refractivity contribution in [3.05, 3.63) is 47.3 Å². The molecule has 1 aromatic heterocycles. The van der Waals surface area contributed by atoms with E-state index >= 15 is 0 Å². The van der Waals surface area contributed by atoms with E-state index in [-0.39, 0.29) is 12.3 Å². The Balaban J connectivity index is 1.90. The molecule has 6 nitrogen and oxygen atoms in total. The van der Waals surface area contributed by atoms with Crippen molar-refractivity contribution < 1.29 is 14.3 Å². The highest BCUT2D eigenvalue weighted by Gasteiger charge is 2.20. The summed E-state index contributed by atoms with van der Waals surface area (Å²) in [5.74, 6) is -0.411. The van der Waals surface area contributed by atoms with E-state index in [0.29, 0.717) is 12.5 Å². The number of para-hydroxylation sites is 1. The Hall–Kier alpha value is -2.63. The number of aryl methyl sites for hydroxylation is 3. The Kier molecular flexibility index (Phi) is 7.16. The van der Waals surface area contributed by atoms with Gasteiger partial charge in [0.1, 0.15) is 0 Å². The minimum atomic E-state index is -0.858. The van der Waals surface area contributed by atoms with Gasteiger partial charge >= 0.3 is 5.97 Å². The van der Waals surface area contributed by atoms with Crippen LogP contribution in [0.15, 0.2) is 30.3 Å². The van der Waals surface area contributed by atoms with Gasteiger partial charge in [-0.1, -0.05) is 32.0 Å². The molecule has 0 aliphatic carbocycles. The van der Waals surface area contributed by atoms with Crippen molar-refractivity contribution >= 4 is 17.6 Å². The number of aromatic nitrogens is 2. The number of carbonyl (C=O) groups excluding carboxylic acids is 2. The van der Waals surface area contributed by atoms with Gasteiger partial charge in [-0.25, -0.2) is 0 Å². The Morgan fingerprint density at radius 3 is 2.56 bits per heavy atom. The Morgan fingerprint density at radius 2 is 1.93 bits per heavy atom. The first-order valence-electron chi connectivity index (χ1n) is 9.42. The van der Waals surface area contributed by atoms with Crippen molar-refractivity contribution in [1.29, 1.82) is 0 Å². The normalized spacial score (nSPS) is 13.1. The van der Waals surface area contributed by atoms with E-state index in [4.69, 9.17) is 4.74 Å². The lowest BCUT2D eigenvalue weighted by atomic mass is 9.97. The molecule has 146 valence electrons. The molecule has 0 radical (unpaired) electrons. The van der Waals surface area contributed by atoms with E-state index < -0.39 is 12.1 Å². The maximum atomic E-state index is 12.4. The van der Waals surface area contributed by atoms with Gasteiger partial charge in [0.15, 0.2) is 6.10 Å². The molecule has 0 saturated heterocycles. The summed E-state index contributed by atoms with van der Waals surface area (Å²) in [6.45, 7) is 10.1. The molecule has 0 bridgehead atoms. The number of ether oxygens (including phenoxy) is 1. The van der Waals surface area contributed by atoms with Gasteiger partial charge in [0.25, 0.3) is 5.91 Å². The van der Waals surface area contributed by atoms with Crippen LogP contribution in [-0.4, -0.2) is 27.8 Å². The van der Waals surface area contributed by atoms with Gasteiger partial charge in [-0.15, -0.1) is 0 Å². The van der Waals surface area contributed by atoms with Crippen molar-refractivity contribution in [2.24, 2.45) is 0 Å². The summed E-state index contributed by atoms with van der Waals surface area (Å²) in [7, 11) is 0. The number of anilines is 1. The molecule has 0 aliphatic rings. The standard InChI is InChI=1S/C21H29N3O3/c1-6-14(2)18-9-7-8-10-19(18)22-21(26)17(5)27-20(25)11-12-24-16(4)13-15(3)23-24/h7-10,13-14,17H,6,11-12H2,1-5H3,(H,22,26). The molecule has 2 rings (SSSR count). The molecular weight excluding hydrogens is 342 g/mol. The molecular formula is C21H29N3O3. The second-order valence-corrected chi connectivity index (χ2v) is 6.92. The Bertz CT molecular complexity index is 798. The number of benzene rings is 1. The molecule has 0 aliphatic heterocycles. The monoisotopic (exact) mass is 371 g/mol. The van der Waals surface area contributed by atoms with Crippen LogP contribution in [0.3, 0.4) is 0 Å². The number of rotatable bonds is 8. The molecule has 2 unspecified atom stereocenters. The molecule has 2 aromatic rings. The van der Waals surface area contributed by atoms with Gasteiger partial charge < -0.3 is 10.1 Å². The third-order valence-corrected chi connectivity index (χ3v) is 4.67. The number of hydrogen-bond donors (Lipinski definition) is 1. The second kappa shape index (κ2) is 9.35. The quantitative estimate of drug-likeness (QED) is 0.713. The number of nitrogens with one attached hydrogen (secondary N) is 1. The number of nitrogens with zero attached hydrogens (tertiary/aromatic N) is 2. The third kappa shape index (κ3) is 5.67. The van der Waals surface area contributed by atoms with Gasteiger partial charge in [-0.05, 0) is 50.8 Å². The molecule has 1 N–H and O–H groups in total. The summed E-state index contributed by atoms with van der Waals surface area (Å²) in [6.07, 6.45) is 0.287. The minimum absolute atomic E-state index is 0.170. The zero-order valence-electron chi connectivity index (χ0n) is 16.8. The van der Waals surface area contributed by atoms with E-state index in [1.807, 2.05) is 44.2 Å². The van der Waals surface area contributed by atoms with Gasteiger partial charge in [0.05, 0.1) is 18.7 Å². The molecule has 1 heterocycles. The number of amides is 1. The summed E-state index contributed by atoms with van der Waals surface area (Å²) in [6, 6.07) is 9.67. The maximum absolute atomic E-state index is 12.4. The summed E-state index contributed by atoms with van der Waals surface area (Å²) in [4.78, 5) is 24.5. The smallest absolute Gasteiger partial charge is 0.308 e. The lowest BCUT2D eigenvalue weighted by Gasteiger charge is -2.18. The first-order chi connectivity index (χ1) is 12.8. The lowest BCUT2D eigenvalue weighted by Crippen LogP contribution is -2.30. The average Bonchev–Trinajstić information content (AvgIpc) is 2.97. The summed E-state index contributed by atoms with van der Waals surface area (Å²) in [5.41, 5.74) is 3.75. The zero-order valence-corrected chi connectivity index (χ0v) is 16.8. The molecule has 6 heteroatoms. The Morgan fingerprint density at radius 1 is 1.22 bits per heavy atom. The highest BCUT2D eigenvalue weighted by atomic mass is 16.5. The van der Waals surface area contributed by atoms with E-state index in [1.165, 1.54) is 0 Å². The van der Waals surface area contributed by atoms with E-state index in [1.54, 1.807) is 11.6 Å². The average molecular weight is 371 g/mol. The second-order valence-electron chi connectivity index (χ2n) is 6.92. The SMILES string of the molecule is CCC(C)c1ccccc1NC(=O)C(C)OC(=O)CCn1nc(C)cc1C. The lowest BCUT2D eigenvalue weighted by molar-refractivity contribution is -0.153. The van der Waals surface area contributed by atoms with Crippen LogP contribution in [0.25, 0.3) is 0 Å². The summed E-state index contributed by atoms with van der Waals surface area (Å²) < 4.78 is 7.05. The van der Waals surface area contributed by atoms with Crippen LogP contribution in [0.2, 0.25) is 0 Å². The molecule has 2 atom stereocenters. The highest BCUT2D eigenvalue weighted by molar-refractivity contribution is 5.95. The fourth-order valence-corrected chi connectivity index (χ4v) is 2.90. The van der Waals surface area contributed by atoms with Crippen LogP contribution >= 0.6 is 0 Å². The van der Waals surface area contributed by atoms with Crippen LogP contribution in [-0.2, 0) is 20.9 Å². The molecule has 0 fully saturated rings. The third-order valence-electron chi connectivity index (χ3n) is 4.67. The Labute approximate surface area is 160 Å². The van der Waals surface area contributed by atoms with Gasteiger partial charge in [-0.3, -0.25) is 14.3 Å². The largest absolute Gasteiger partial charge is 0.452 e. The van der Waals surface area contributed by atoms with Crippen molar-refractivity contribution in [2.45, 2.75) is 66.0 Å². The first kappa shape index (κ1) is 20.7. The minimum Gasteiger partial charge on any atom is -0.452 e. The number of esters is 1. The highest BCUT2D eigenvalue weighted by Crippen LogP contribution is 2.26. The van der Waals surface area contributed by atoms with Gasteiger partial charge in [-0.2, -0.15) is 5.10 Å². The van der Waals surface area contributed by atoms with E-state index in [2.05, 4.69) is 24.3 Å². The maximum Gasteiger partial charge on any atom is 0.308 e. The van der Waals surface area contributed by atoms with Crippen LogP contribution in [0.1, 0.15) is 56.5 Å². The van der Waals surface area contributed by atoms with Gasteiger partial charge in [0.2, 0.25) is 0 Å². The molecule has 27 heavy (non-hydrogen) atoms. The van der Waals surface area contributed by atoms with Crippen LogP contribution in [0.4, 0.5) is 5.69 Å².